The van der Waals surface area contributed by atoms with Crippen LogP contribution in [0.1, 0.15) is 53.9 Å². The van der Waals surface area contributed by atoms with Gasteiger partial charge in [0, 0.05) is 17.9 Å². The van der Waals surface area contributed by atoms with Gasteiger partial charge in [-0.2, -0.15) is 0 Å². The quantitative estimate of drug-likeness (QED) is 0.548. The summed E-state index contributed by atoms with van der Waals surface area (Å²) in [4.78, 5) is 37.5. The Hall–Kier alpha value is -1.73. The van der Waals surface area contributed by atoms with Gasteiger partial charge in [0.2, 0.25) is 0 Å². The van der Waals surface area contributed by atoms with Crippen molar-refractivity contribution in [3.05, 3.63) is 11.6 Å². The second-order valence-corrected chi connectivity index (χ2v) is 7.93. The molecule has 0 spiro atoms. The number of rotatable bonds is 5. The third-order valence-corrected chi connectivity index (χ3v) is 6.02. The van der Waals surface area contributed by atoms with Gasteiger partial charge in [0.25, 0.3) is 0 Å². The van der Waals surface area contributed by atoms with E-state index in [0.29, 0.717) is 18.4 Å². The molecule has 27 heavy (non-hydrogen) atoms. The zero-order valence-electron chi connectivity index (χ0n) is 16.6. The molecule has 2 aliphatic rings. The normalized spacial score (nSPS) is 37.8. The molecule has 152 valence electrons. The third-order valence-electron chi connectivity index (χ3n) is 6.02. The van der Waals surface area contributed by atoms with E-state index in [4.69, 9.17) is 9.47 Å². The van der Waals surface area contributed by atoms with Crippen LogP contribution >= 0.6 is 0 Å². The summed E-state index contributed by atoms with van der Waals surface area (Å²) in [6.45, 7) is 8.16. The molecular weight excluding hydrogens is 352 g/mol. The van der Waals surface area contributed by atoms with E-state index >= 15 is 0 Å². The van der Waals surface area contributed by atoms with Crippen molar-refractivity contribution in [3.63, 3.8) is 0 Å². The summed E-state index contributed by atoms with van der Waals surface area (Å²) < 4.78 is 11.1. The molecule has 1 saturated heterocycles. The van der Waals surface area contributed by atoms with Crippen molar-refractivity contribution in [2.75, 3.05) is 0 Å². The molecule has 1 heterocycles. The number of Topliss-reactive ketones (excluding diaryl/α,β-unsaturated/α-hetero) is 1. The van der Waals surface area contributed by atoms with Crippen molar-refractivity contribution < 1.29 is 34.1 Å². The molecule has 7 nitrogen and oxygen atoms in total. The molecule has 0 amide bonds. The SMILES string of the molecule is C/C=C(/C)C(=O)O[C@H]1[C@@H]2OC(=O)[C@H](C)[C@@H]2CC[C@H](C)[C@@]1(O)C(=O)C[C@H](C)O. The zero-order chi connectivity index (χ0) is 20.5. The minimum atomic E-state index is -2.04. The lowest BCUT2D eigenvalue weighted by atomic mass is 9.76. The highest BCUT2D eigenvalue weighted by atomic mass is 16.6. The van der Waals surface area contributed by atoms with Crippen LogP contribution in [0.3, 0.4) is 0 Å². The van der Waals surface area contributed by atoms with E-state index in [1.165, 1.54) is 6.92 Å². The Balaban J connectivity index is 2.50. The third kappa shape index (κ3) is 3.94. The summed E-state index contributed by atoms with van der Waals surface area (Å²) in [5.74, 6) is -2.89. The van der Waals surface area contributed by atoms with Gasteiger partial charge < -0.3 is 19.7 Å². The summed E-state index contributed by atoms with van der Waals surface area (Å²) in [7, 11) is 0. The van der Waals surface area contributed by atoms with Gasteiger partial charge >= 0.3 is 11.9 Å². The molecule has 1 saturated carbocycles. The summed E-state index contributed by atoms with van der Waals surface area (Å²) in [5.41, 5.74) is -1.71. The Labute approximate surface area is 159 Å². The first-order valence-corrected chi connectivity index (χ1v) is 9.52. The van der Waals surface area contributed by atoms with Crippen LogP contribution in [0.4, 0.5) is 0 Å². The fourth-order valence-corrected chi connectivity index (χ4v) is 4.03. The number of hydrogen-bond acceptors (Lipinski definition) is 7. The summed E-state index contributed by atoms with van der Waals surface area (Å²) >= 11 is 0. The van der Waals surface area contributed by atoms with Gasteiger partial charge in [0.05, 0.1) is 12.0 Å². The maximum absolute atomic E-state index is 12.9. The van der Waals surface area contributed by atoms with Crippen molar-refractivity contribution in [3.8, 4) is 0 Å². The number of allylic oxidation sites excluding steroid dienone is 1. The fourth-order valence-electron chi connectivity index (χ4n) is 4.03. The Morgan fingerprint density at radius 3 is 2.56 bits per heavy atom. The first kappa shape index (κ1) is 21.6. The molecule has 0 bridgehead atoms. The maximum atomic E-state index is 12.9. The number of esters is 2. The molecule has 0 aromatic heterocycles. The van der Waals surface area contributed by atoms with Crippen LogP contribution in [-0.2, 0) is 23.9 Å². The summed E-state index contributed by atoms with van der Waals surface area (Å²) in [6.07, 6.45) is -0.832. The van der Waals surface area contributed by atoms with Crippen LogP contribution in [0.15, 0.2) is 11.6 Å². The van der Waals surface area contributed by atoms with E-state index < -0.39 is 53.5 Å². The lowest BCUT2D eigenvalue weighted by molar-refractivity contribution is -0.195. The lowest BCUT2D eigenvalue weighted by Gasteiger charge is -2.39. The second-order valence-electron chi connectivity index (χ2n) is 7.93. The summed E-state index contributed by atoms with van der Waals surface area (Å²) in [5, 5.41) is 21.1. The van der Waals surface area contributed by atoms with Gasteiger partial charge in [-0.15, -0.1) is 0 Å². The zero-order valence-corrected chi connectivity index (χ0v) is 16.6. The van der Waals surface area contributed by atoms with Crippen molar-refractivity contribution in [2.45, 2.75) is 77.8 Å². The lowest BCUT2D eigenvalue weighted by Crippen LogP contribution is -2.60. The first-order chi connectivity index (χ1) is 12.5. The number of fused-ring (bicyclic) bond motifs is 1. The second kappa shape index (κ2) is 8.10. The van der Waals surface area contributed by atoms with Gasteiger partial charge in [-0.05, 0) is 39.5 Å². The van der Waals surface area contributed by atoms with Gasteiger partial charge in [-0.1, -0.05) is 19.9 Å². The van der Waals surface area contributed by atoms with E-state index in [1.54, 1.807) is 33.8 Å². The Morgan fingerprint density at radius 1 is 1.37 bits per heavy atom. The minimum absolute atomic E-state index is 0.253. The minimum Gasteiger partial charge on any atom is -0.458 e. The molecule has 7 heteroatoms. The number of ketones is 1. The number of ether oxygens (including phenoxy) is 2. The Kier molecular flexibility index (Phi) is 6.47. The standard InChI is InChI=1S/C20H30O7/c1-6-10(2)18(23)27-17-16-14(13(5)19(24)26-16)8-7-11(3)20(17,25)15(22)9-12(4)21/h6,11-14,16-17,21,25H,7-9H2,1-5H3/b10-6-/t11-,12-,13+,14-,16+,17-,20+/m0/s1. The van der Waals surface area contributed by atoms with Crippen LogP contribution in [0.25, 0.3) is 0 Å². The van der Waals surface area contributed by atoms with Crippen LogP contribution in [0, 0.1) is 17.8 Å². The highest BCUT2D eigenvalue weighted by Crippen LogP contribution is 2.45. The molecule has 0 unspecified atom stereocenters. The number of carbonyl (C=O) groups is 3. The molecule has 1 aliphatic carbocycles. The average molecular weight is 382 g/mol. The molecule has 7 atom stereocenters. The molecule has 1 aliphatic heterocycles. The van der Waals surface area contributed by atoms with Crippen LogP contribution < -0.4 is 0 Å². The molecule has 2 rings (SSSR count). The highest BCUT2D eigenvalue weighted by Gasteiger charge is 2.61. The van der Waals surface area contributed by atoms with Crippen LogP contribution in [0.5, 0.6) is 0 Å². The Morgan fingerprint density at radius 2 is 2.00 bits per heavy atom. The maximum Gasteiger partial charge on any atom is 0.333 e. The molecule has 2 fully saturated rings. The predicted octanol–water partition coefficient (Wildman–Crippen LogP) is 1.54. The van der Waals surface area contributed by atoms with E-state index in [9.17, 15) is 24.6 Å². The average Bonchev–Trinajstić information content (AvgIpc) is 2.83. The highest BCUT2D eigenvalue weighted by molar-refractivity contribution is 5.91. The fraction of sp³-hybridized carbons (Fsp3) is 0.750. The van der Waals surface area contributed by atoms with E-state index in [0.717, 1.165) is 0 Å². The van der Waals surface area contributed by atoms with Crippen LogP contribution in [0.2, 0.25) is 0 Å². The molecule has 0 aromatic rings. The van der Waals surface area contributed by atoms with E-state index in [-0.39, 0.29) is 12.3 Å². The smallest absolute Gasteiger partial charge is 0.333 e. The van der Waals surface area contributed by atoms with Gasteiger partial charge in [-0.25, -0.2) is 4.79 Å². The number of hydrogen-bond donors (Lipinski definition) is 2. The number of aliphatic hydroxyl groups excluding tert-OH is 1. The number of aliphatic hydroxyl groups is 2. The predicted molar refractivity (Wildman–Crippen MR) is 96.5 cm³/mol. The summed E-state index contributed by atoms with van der Waals surface area (Å²) in [6, 6.07) is 0. The van der Waals surface area contributed by atoms with Gasteiger partial charge in [0.1, 0.15) is 6.10 Å². The van der Waals surface area contributed by atoms with Crippen molar-refractivity contribution in [1.82, 2.24) is 0 Å². The van der Waals surface area contributed by atoms with Gasteiger partial charge in [-0.3, -0.25) is 9.59 Å². The van der Waals surface area contributed by atoms with Gasteiger partial charge in [0.15, 0.2) is 17.5 Å². The topological polar surface area (TPSA) is 110 Å². The van der Waals surface area contributed by atoms with E-state index in [1.807, 2.05) is 0 Å². The molecular formula is C20H30O7. The Bertz CT molecular complexity index is 638. The monoisotopic (exact) mass is 382 g/mol. The van der Waals surface area contributed by atoms with Crippen LogP contribution in [-0.4, -0.2) is 51.8 Å². The first-order valence-electron chi connectivity index (χ1n) is 9.52. The largest absolute Gasteiger partial charge is 0.458 e. The van der Waals surface area contributed by atoms with Crippen molar-refractivity contribution in [2.24, 2.45) is 17.8 Å². The molecule has 2 N–H and O–H groups in total. The number of carbonyl (C=O) groups excluding carboxylic acids is 3. The van der Waals surface area contributed by atoms with Crippen molar-refractivity contribution >= 4 is 17.7 Å². The van der Waals surface area contributed by atoms with Crippen molar-refractivity contribution in [1.29, 1.82) is 0 Å². The molecule has 0 radical (unpaired) electrons. The van der Waals surface area contributed by atoms with E-state index in [2.05, 4.69) is 0 Å². The molecule has 0 aromatic carbocycles.